The van der Waals surface area contributed by atoms with Crippen molar-refractivity contribution in [3.8, 4) is 11.3 Å². The number of rotatable bonds is 4. The average molecular weight is 341 g/mol. The lowest BCUT2D eigenvalue weighted by molar-refractivity contribution is 0.102. The monoisotopic (exact) mass is 341 g/mol. The summed E-state index contributed by atoms with van der Waals surface area (Å²) in [5, 5.41) is 9.88. The maximum absolute atomic E-state index is 12.6. The zero-order chi connectivity index (χ0) is 17.3. The minimum Gasteiger partial charge on any atom is -0.360 e. The van der Waals surface area contributed by atoms with Crippen LogP contribution in [0.15, 0.2) is 34.2 Å². The molecule has 0 radical (unpaired) electrons. The summed E-state index contributed by atoms with van der Waals surface area (Å²) < 4.78 is 5.29. The molecule has 1 aromatic carbocycles. The first kappa shape index (κ1) is 16.4. The van der Waals surface area contributed by atoms with Gasteiger partial charge in [0, 0.05) is 22.5 Å². The summed E-state index contributed by atoms with van der Waals surface area (Å²) in [6.45, 7) is 7.70. The van der Waals surface area contributed by atoms with Gasteiger partial charge in [0.2, 0.25) is 0 Å². The van der Waals surface area contributed by atoms with Crippen molar-refractivity contribution in [1.82, 2.24) is 10.1 Å². The van der Waals surface area contributed by atoms with Gasteiger partial charge in [-0.05, 0) is 26.0 Å². The van der Waals surface area contributed by atoms with Gasteiger partial charge in [0.1, 0.15) is 5.56 Å². The molecular formula is C18H19N3O2S. The molecule has 3 rings (SSSR count). The van der Waals surface area contributed by atoms with Crippen molar-refractivity contribution in [3.63, 3.8) is 0 Å². The normalized spacial score (nSPS) is 11.0. The number of anilines is 1. The van der Waals surface area contributed by atoms with Crippen LogP contribution in [0.1, 0.15) is 46.6 Å². The van der Waals surface area contributed by atoms with Gasteiger partial charge in [-0.15, -0.1) is 11.3 Å². The lowest BCUT2D eigenvalue weighted by Crippen LogP contribution is -2.14. The molecule has 0 atom stereocenters. The molecule has 0 spiro atoms. The van der Waals surface area contributed by atoms with Crippen molar-refractivity contribution < 1.29 is 9.32 Å². The number of nitrogens with one attached hydrogen (secondary N) is 1. The Morgan fingerprint density at radius 1 is 1.29 bits per heavy atom. The van der Waals surface area contributed by atoms with E-state index in [0.717, 1.165) is 22.0 Å². The second-order valence-electron chi connectivity index (χ2n) is 5.95. The topological polar surface area (TPSA) is 68.0 Å². The minimum atomic E-state index is -0.205. The van der Waals surface area contributed by atoms with Crippen LogP contribution in [0, 0.1) is 13.8 Å². The summed E-state index contributed by atoms with van der Waals surface area (Å²) in [5.41, 5.74) is 3.72. The number of benzene rings is 1. The second-order valence-corrected chi connectivity index (χ2v) is 7.01. The standard InChI is InChI=1S/C18H19N3O2S/c1-10(2)17-16(11(3)21-23-17)18(22)20-14-7-5-6-13(8-14)15-9-24-12(4)19-15/h5-10H,1-4H3,(H,20,22). The number of amides is 1. The van der Waals surface area contributed by atoms with E-state index in [1.807, 2.05) is 50.4 Å². The summed E-state index contributed by atoms with van der Waals surface area (Å²) in [5.74, 6) is 0.497. The molecule has 0 saturated carbocycles. The van der Waals surface area contributed by atoms with E-state index in [1.54, 1.807) is 18.3 Å². The zero-order valence-corrected chi connectivity index (χ0v) is 14.9. The van der Waals surface area contributed by atoms with Crippen LogP contribution in [0.2, 0.25) is 0 Å². The van der Waals surface area contributed by atoms with Gasteiger partial charge >= 0.3 is 0 Å². The van der Waals surface area contributed by atoms with Crippen molar-refractivity contribution in [1.29, 1.82) is 0 Å². The highest BCUT2D eigenvalue weighted by Gasteiger charge is 2.22. The first-order chi connectivity index (χ1) is 11.5. The number of hydrogen-bond acceptors (Lipinski definition) is 5. The predicted molar refractivity (Wildman–Crippen MR) is 95.6 cm³/mol. The number of carbonyl (C=O) groups is 1. The SMILES string of the molecule is Cc1nc(-c2cccc(NC(=O)c3c(C)noc3C(C)C)c2)cs1. The Morgan fingerprint density at radius 2 is 2.08 bits per heavy atom. The van der Waals surface area contributed by atoms with Crippen LogP contribution in [-0.4, -0.2) is 16.0 Å². The van der Waals surface area contributed by atoms with E-state index >= 15 is 0 Å². The van der Waals surface area contributed by atoms with E-state index in [4.69, 9.17) is 4.52 Å². The summed E-state index contributed by atoms with van der Waals surface area (Å²) in [6, 6.07) is 7.67. The Balaban J connectivity index is 1.87. The highest BCUT2D eigenvalue weighted by Crippen LogP contribution is 2.26. The highest BCUT2D eigenvalue weighted by molar-refractivity contribution is 7.09. The quantitative estimate of drug-likeness (QED) is 0.741. The number of aromatic nitrogens is 2. The fraction of sp³-hybridized carbons (Fsp3) is 0.278. The van der Waals surface area contributed by atoms with E-state index in [2.05, 4.69) is 15.5 Å². The van der Waals surface area contributed by atoms with Crippen LogP contribution >= 0.6 is 11.3 Å². The molecule has 0 fully saturated rings. The lowest BCUT2D eigenvalue weighted by Gasteiger charge is -2.08. The van der Waals surface area contributed by atoms with Crippen molar-refractivity contribution in [3.05, 3.63) is 51.7 Å². The molecule has 0 aliphatic rings. The molecule has 0 aliphatic heterocycles. The fourth-order valence-electron chi connectivity index (χ4n) is 2.50. The minimum absolute atomic E-state index is 0.0938. The third-order valence-corrected chi connectivity index (χ3v) is 4.45. The second kappa shape index (κ2) is 6.57. The molecule has 24 heavy (non-hydrogen) atoms. The van der Waals surface area contributed by atoms with Crippen LogP contribution in [0.3, 0.4) is 0 Å². The molecular weight excluding hydrogens is 322 g/mol. The van der Waals surface area contributed by atoms with E-state index in [-0.39, 0.29) is 11.8 Å². The van der Waals surface area contributed by atoms with E-state index < -0.39 is 0 Å². The number of nitrogens with zero attached hydrogens (tertiary/aromatic N) is 2. The van der Waals surface area contributed by atoms with E-state index in [9.17, 15) is 4.79 Å². The maximum Gasteiger partial charge on any atom is 0.261 e. The third kappa shape index (κ3) is 3.23. The molecule has 3 aromatic rings. The Labute approximate surface area is 144 Å². The summed E-state index contributed by atoms with van der Waals surface area (Å²) in [7, 11) is 0. The molecule has 2 aromatic heterocycles. The fourth-order valence-corrected chi connectivity index (χ4v) is 3.13. The van der Waals surface area contributed by atoms with Crippen LogP contribution in [0.25, 0.3) is 11.3 Å². The van der Waals surface area contributed by atoms with Crippen molar-refractivity contribution >= 4 is 22.9 Å². The average Bonchev–Trinajstić information content (AvgIpc) is 3.13. The molecule has 2 heterocycles. The van der Waals surface area contributed by atoms with Gasteiger partial charge in [-0.3, -0.25) is 4.79 Å². The third-order valence-electron chi connectivity index (χ3n) is 3.68. The van der Waals surface area contributed by atoms with Gasteiger partial charge in [0.25, 0.3) is 5.91 Å². The van der Waals surface area contributed by atoms with Gasteiger partial charge in [-0.2, -0.15) is 0 Å². The Hall–Kier alpha value is -2.47. The van der Waals surface area contributed by atoms with Gasteiger partial charge in [0.05, 0.1) is 16.4 Å². The van der Waals surface area contributed by atoms with Crippen LogP contribution in [0.5, 0.6) is 0 Å². The number of hydrogen-bond donors (Lipinski definition) is 1. The summed E-state index contributed by atoms with van der Waals surface area (Å²) in [4.78, 5) is 17.1. The van der Waals surface area contributed by atoms with Gasteiger partial charge in [0.15, 0.2) is 5.76 Å². The lowest BCUT2D eigenvalue weighted by atomic mass is 10.0. The largest absolute Gasteiger partial charge is 0.360 e. The molecule has 1 N–H and O–H groups in total. The van der Waals surface area contributed by atoms with Crippen LogP contribution in [-0.2, 0) is 0 Å². The van der Waals surface area contributed by atoms with E-state index in [0.29, 0.717) is 17.0 Å². The zero-order valence-electron chi connectivity index (χ0n) is 14.1. The maximum atomic E-state index is 12.6. The van der Waals surface area contributed by atoms with E-state index in [1.165, 1.54) is 0 Å². The highest BCUT2D eigenvalue weighted by atomic mass is 32.1. The first-order valence-corrected chi connectivity index (χ1v) is 8.63. The Kier molecular flexibility index (Phi) is 4.49. The number of carbonyl (C=O) groups excluding carboxylic acids is 1. The molecule has 5 nitrogen and oxygen atoms in total. The van der Waals surface area contributed by atoms with Crippen molar-refractivity contribution in [2.45, 2.75) is 33.6 Å². The van der Waals surface area contributed by atoms with Crippen molar-refractivity contribution in [2.24, 2.45) is 0 Å². The molecule has 0 saturated heterocycles. The molecule has 6 heteroatoms. The number of aryl methyl sites for hydroxylation is 2. The van der Waals surface area contributed by atoms with Gasteiger partial charge in [-0.1, -0.05) is 31.1 Å². The molecule has 124 valence electrons. The predicted octanol–water partition coefficient (Wildman–Crippen LogP) is 4.79. The first-order valence-electron chi connectivity index (χ1n) is 7.75. The van der Waals surface area contributed by atoms with Crippen molar-refractivity contribution in [2.75, 3.05) is 5.32 Å². The summed E-state index contributed by atoms with van der Waals surface area (Å²) >= 11 is 1.61. The molecule has 1 amide bonds. The summed E-state index contributed by atoms with van der Waals surface area (Å²) in [6.07, 6.45) is 0. The van der Waals surface area contributed by atoms with Gasteiger partial charge < -0.3 is 9.84 Å². The van der Waals surface area contributed by atoms with Crippen LogP contribution in [0.4, 0.5) is 5.69 Å². The number of thiazole rings is 1. The molecule has 0 unspecified atom stereocenters. The van der Waals surface area contributed by atoms with Crippen LogP contribution < -0.4 is 5.32 Å². The van der Waals surface area contributed by atoms with Gasteiger partial charge in [-0.25, -0.2) is 4.98 Å². The molecule has 0 aliphatic carbocycles. The smallest absolute Gasteiger partial charge is 0.261 e. The Bertz CT molecular complexity index is 880. The Morgan fingerprint density at radius 3 is 2.75 bits per heavy atom. The molecule has 0 bridgehead atoms.